The molecule has 1 aromatic carbocycles. The van der Waals surface area contributed by atoms with Gasteiger partial charge in [0.15, 0.2) is 0 Å². The van der Waals surface area contributed by atoms with Gasteiger partial charge in [-0.05, 0) is 37.9 Å². The molecule has 1 saturated heterocycles. The standard InChI is InChI=1S/C17H22ClN5O.ClH/c1-2-6-15-21-16(17(24)20-12-7-5-10-19-11-12)22-23(15)14-9-4-3-8-13(14)18;/h3-4,8-9,12,19H,2,5-7,10-11H2,1H3,(H,20,24);1H/t12-;/m0./s1. The smallest absolute Gasteiger partial charge is 0.291 e. The highest BCUT2D eigenvalue weighted by atomic mass is 35.5. The summed E-state index contributed by atoms with van der Waals surface area (Å²) in [6.07, 6.45) is 3.69. The molecular formula is C17H23Cl2N5O. The molecular weight excluding hydrogens is 361 g/mol. The maximum absolute atomic E-state index is 12.5. The molecule has 1 amide bonds. The summed E-state index contributed by atoms with van der Waals surface area (Å²) in [5, 5.41) is 11.3. The number of benzene rings is 1. The van der Waals surface area contributed by atoms with E-state index in [1.807, 2.05) is 24.3 Å². The number of amides is 1. The Kier molecular flexibility index (Phi) is 7.23. The summed E-state index contributed by atoms with van der Waals surface area (Å²) in [6.45, 7) is 3.87. The first kappa shape index (κ1) is 19.7. The summed E-state index contributed by atoms with van der Waals surface area (Å²) in [7, 11) is 0. The molecule has 1 aliphatic heterocycles. The zero-order valence-corrected chi connectivity index (χ0v) is 15.7. The zero-order chi connectivity index (χ0) is 16.9. The lowest BCUT2D eigenvalue weighted by molar-refractivity contribution is 0.0920. The van der Waals surface area contributed by atoms with Gasteiger partial charge in [0.05, 0.1) is 10.7 Å². The van der Waals surface area contributed by atoms with Gasteiger partial charge in [-0.1, -0.05) is 30.7 Å². The van der Waals surface area contributed by atoms with E-state index >= 15 is 0 Å². The Morgan fingerprint density at radius 3 is 2.92 bits per heavy atom. The average molecular weight is 384 g/mol. The summed E-state index contributed by atoms with van der Waals surface area (Å²) in [5.74, 6) is 0.716. The second kappa shape index (κ2) is 9.17. The first-order valence-corrected chi connectivity index (χ1v) is 8.79. The molecule has 136 valence electrons. The third-order valence-corrected chi connectivity index (χ3v) is 4.38. The van der Waals surface area contributed by atoms with E-state index in [1.54, 1.807) is 4.68 Å². The lowest BCUT2D eigenvalue weighted by atomic mass is 10.1. The van der Waals surface area contributed by atoms with Crippen LogP contribution in [0, 0.1) is 0 Å². The number of carbonyl (C=O) groups is 1. The van der Waals surface area contributed by atoms with E-state index < -0.39 is 0 Å². The van der Waals surface area contributed by atoms with Crippen molar-refractivity contribution >= 4 is 29.9 Å². The van der Waals surface area contributed by atoms with Crippen LogP contribution in [-0.2, 0) is 6.42 Å². The normalized spacial score (nSPS) is 17.0. The number of para-hydroxylation sites is 1. The highest BCUT2D eigenvalue weighted by Crippen LogP contribution is 2.21. The predicted molar refractivity (Wildman–Crippen MR) is 101 cm³/mol. The summed E-state index contributed by atoms with van der Waals surface area (Å²) in [6, 6.07) is 7.58. The molecule has 0 radical (unpaired) electrons. The van der Waals surface area contributed by atoms with Crippen molar-refractivity contribution in [2.24, 2.45) is 0 Å². The summed E-state index contributed by atoms with van der Waals surface area (Å²) >= 11 is 6.28. The molecule has 1 aliphatic rings. The molecule has 0 aliphatic carbocycles. The Labute approximate surface area is 158 Å². The summed E-state index contributed by atoms with van der Waals surface area (Å²) < 4.78 is 1.68. The fourth-order valence-electron chi connectivity index (χ4n) is 2.87. The fourth-order valence-corrected chi connectivity index (χ4v) is 3.08. The van der Waals surface area contributed by atoms with Crippen LogP contribution in [0.3, 0.4) is 0 Å². The first-order valence-electron chi connectivity index (χ1n) is 8.41. The average Bonchev–Trinajstić information content (AvgIpc) is 3.00. The Balaban J connectivity index is 0.00000225. The molecule has 1 atom stereocenters. The maximum Gasteiger partial charge on any atom is 0.291 e. The van der Waals surface area contributed by atoms with Gasteiger partial charge in [-0.3, -0.25) is 4.79 Å². The highest BCUT2D eigenvalue weighted by Gasteiger charge is 2.21. The highest BCUT2D eigenvalue weighted by molar-refractivity contribution is 6.32. The fraction of sp³-hybridized carbons (Fsp3) is 0.471. The van der Waals surface area contributed by atoms with Crippen LogP contribution in [-0.4, -0.2) is 39.8 Å². The third-order valence-electron chi connectivity index (χ3n) is 4.06. The van der Waals surface area contributed by atoms with Crippen molar-refractivity contribution in [1.29, 1.82) is 0 Å². The number of piperidine rings is 1. The van der Waals surface area contributed by atoms with E-state index in [0.29, 0.717) is 5.02 Å². The summed E-state index contributed by atoms with van der Waals surface area (Å²) in [5.41, 5.74) is 0.744. The van der Waals surface area contributed by atoms with Crippen molar-refractivity contribution in [2.75, 3.05) is 13.1 Å². The molecule has 2 heterocycles. The molecule has 0 unspecified atom stereocenters. The monoisotopic (exact) mass is 383 g/mol. The number of halogens is 2. The van der Waals surface area contributed by atoms with Gasteiger partial charge in [-0.25, -0.2) is 9.67 Å². The van der Waals surface area contributed by atoms with E-state index in [0.717, 1.165) is 50.3 Å². The van der Waals surface area contributed by atoms with Gasteiger partial charge in [-0.2, -0.15) is 0 Å². The minimum atomic E-state index is -0.230. The number of rotatable bonds is 5. The Hall–Kier alpha value is -1.63. The van der Waals surface area contributed by atoms with Gasteiger partial charge in [-0.15, -0.1) is 17.5 Å². The van der Waals surface area contributed by atoms with Gasteiger partial charge < -0.3 is 10.6 Å². The molecule has 1 aromatic heterocycles. The van der Waals surface area contributed by atoms with E-state index in [2.05, 4.69) is 27.6 Å². The van der Waals surface area contributed by atoms with Crippen molar-refractivity contribution in [3.8, 4) is 5.69 Å². The number of nitrogens with one attached hydrogen (secondary N) is 2. The number of aromatic nitrogens is 3. The zero-order valence-electron chi connectivity index (χ0n) is 14.2. The molecule has 0 bridgehead atoms. The van der Waals surface area contributed by atoms with Crippen LogP contribution in [0.1, 0.15) is 42.6 Å². The third kappa shape index (κ3) is 4.71. The van der Waals surface area contributed by atoms with Crippen molar-refractivity contribution in [2.45, 2.75) is 38.6 Å². The van der Waals surface area contributed by atoms with Gasteiger partial charge in [0.25, 0.3) is 5.91 Å². The van der Waals surface area contributed by atoms with Gasteiger partial charge >= 0.3 is 0 Å². The molecule has 1 fully saturated rings. The van der Waals surface area contributed by atoms with Crippen LogP contribution in [0.2, 0.25) is 5.02 Å². The van der Waals surface area contributed by atoms with Gasteiger partial charge in [0.2, 0.25) is 5.82 Å². The number of nitrogens with zero attached hydrogens (tertiary/aromatic N) is 3. The van der Waals surface area contributed by atoms with E-state index in [1.165, 1.54) is 0 Å². The van der Waals surface area contributed by atoms with E-state index in [4.69, 9.17) is 11.6 Å². The topological polar surface area (TPSA) is 71.8 Å². The molecule has 0 spiro atoms. The van der Waals surface area contributed by atoms with Gasteiger partial charge in [0, 0.05) is 19.0 Å². The van der Waals surface area contributed by atoms with Crippen LogP contribution in [0.4, 0.5) is 0 Å². The molecule has 2 aromatic rings. The largest absolute Gasteiger partial charge is 0.345 e. The number of aryl methyl sites for hydroxylation is 1. The number of carbonyl (C=O) groups excluding carboxylic acids is 1. The first-order chi connectivity index (χ1) is 11.7. The quantitative estimate of drug-likeness (QED) is 0.832. The second-order valence-electron chi connectivity index (χ2n) is 5.98. The summed E-state index contributed by atoms with van der Waals surface area (Å²) in [4.78, 5) is 16.9. The van der Waals surface area contributed by atoms with E-state index in [9.17, 15) is 4.79 Å². The number of hydrogen-bond donors (Lipinski definition) is 2. The minimum Gasteiger partial charge on any atom is -0.345 e. The van der Waals surface area contributed by atoms with Crippen LogP contribution in [0.15, 0.2) is 24.3 Å². The molecule has 6 nitrogen and oxygen atoms in total. The maximum atomic E-state index is 12.5. The SMILES string of the molecule is CCCc1nc(C(=O)N[C@H]2CCCNC2)nn1-c1ccccc1Cl.Cl. The second-order valence-corrected chi connectivity index (χ2v) is 6.39. The van der Waals surface area contributed by atoms with Crippen molar-refractivity contribution in [3.63, 3.8) is 0 Å². The molecule has 2 N–H and O–H groups in total. The van der Waals surface area contributed by atoms with Crippen molar-refractivity contribution in [1.82, 2.24) is 25.4 Å². The predicted octanol–water partition coefficient (Wildman–Crippen LogP) is 2.78. The van der Waals surface area contributed by atoms with Crippen molar-refractivity contribution in [3.05, 3.63) is 40.9 Å². The lowest BCUT2D eigenvalue weighted by Crippen LogP contribution is -2.45. The molecule has 0 saturated carbocycles. The van der Waals surface area contributed by atoms with E-state index in [-0.39, 0.29) is 30.2 Å². The molecule has 3 rings (SSSR count). The van der Waals surface area contributed by atoms with Crippen molar-refractivity contribution < 1.29 is 4.79 Å². The van der Waals surface area contributed by atoms with Crippen LogP contribution < -0.4 is 10.6 Å². The Bertz CT molecular complexity index is 713. The van der Waals surface area contributed by atoms with Crippen LogP contribution in [0.25, 0.3) is 5.69 Å². The van der Waals surface area contributed by atoms with Crippen LogP contribution in [0.5, 0.6) is 0 Å². The van der Waals surface area contributed by atoms with Crippen LogP contribution >= 0.6 is 24.0 Å². The number of hydrogen-bond acceptors (Lipinski definition) is 4. The lowest BCUT2D eigenvalue weighted by Gasteiger charge is -2.23. The molecule has 25 heavy (non-hydrogen) atoms. The molecule has 8 heteroatoms. The Morgan fingerprint density at radius 2 is 2.24 bits per heavy atom. The van der Waals surface area contributed by atoms with Gasteiger partial charge in [0.1, 0.15) is 5.82 Å². The Morgan fingerprint density at radius 1 is 1.44 bits per heavy atom. The minimum absolute atomic E-state index is 0.